The molecule has 1 saturated heterocycles. The van der Waals surface area contributed by atoms with E-state index in [1.807, 2.05) is 0 Å². The molecule has 2 heterocycles. The van der Waals surface area contributed by atoms with Gasteiger partial charge in [0.05, 0.1) is 11.5 Å². The van der Waals surface area contributed by atoms with E-state index >= 15 is 0 Å². The second kappa shape index (κ2) is 5.50. The Hall–Kier alpha value is -1.73. The Balaban J connectivity index is 2.05. The van der Waals surface area contributed by atoms with Crippen LogP contribution in [0.15, 0.2) is 12.3 Å². The standard InChI is InChI=1S/C12H17N3O4/c1-9-5-10(15(16)17)6-13-11(9)14-7-12(18-2)3-4-19-8-12/h5-6H,3-4,7-8H2,1-2H3,(H,13,14). The van der Waals surface area contributed by atoms with Gasteiger partial charge in [0.1, 0.15) is 17.6 Å². The number of aryl methyl sites for hydroxylation is 1. The van der Waals surface area contributed by atoms with Crippen LogP contribution in [0.1, 0.15) is 12.0 Å². The minimum absolute atomic E-state index is 0.00583. The molecule has 1 aliphatic rings. The third kappa shape index (κ3) is 2.99. The van der Waals surface area contributed by atoms with Gasteiger partial charge in [-0.15, -0.1) is 0 Å². The lowest BCUT2D eigenvalue weighted by molar-refractivity contribution is -0.385. The first kappa shape index (κ1) is 13.7. The summed E-state index contributed by atoms with van der Waals surface area (Å²) in [6, 6.07) is 1.50. The van der Waals surface area contributed by atoms with Crippen molar-refractivity contribution in [3.05, 3.63) is 27.9 Å². The van der Waals surface area contributed by atoms with E-state index in [1.54, 1.807) is 14.0 Å². The molecule has 7 nitrogen and oxygen atoms in total. The number of nitro groups is 1. The van der Waals surface area contributed by atoms with E-state index in [1.165, 1.54) is 12.3 Å². The SMILES string of the molecule is COC1(CNc2ncc([N+](=O)[O-])cc2C)CCOC1. The molecule has 0 radical (unpaired) electrons. The maximum atomic E-state index is 10.6. The van der Waals surface area contributed by atoms with E-state index < -0.39 is 4.92 Å². The van der Waals surface area contributed by atoms with Crippen molar-refractivity contribution in [2.24, 2.45) is 0 Å². The van der Waals surface area contributed by atoms with E-state index in [4.69, 9.17) is 9.47 Å². The summed E-state index contributed by atoms with van der Waals surface area (Å²) in [5.41, 5.74) is 0.392. The highest BCUT2D eigenvalue weighted by atomic mass is 16.6. The Labute approximate surface area is 111 Å². The second-order valence-corrected chi connectivity index (χ2v) is 4.66. The highest BCUT2D eigenvalue weighted by molar-refractivity contribution is 5.48. The number of hydrogen-bond acceptors (Lipinski definition) is 6. The fourth-order valence-corrected chi connectivity index (χ4v) is 2.05. The van der Waals surface area contributed by atoms with Crippen molar-refractivity contribution in [2.75, 3.05) is 32.2 Å². The van der Waals surface area contributed by atoms with E-state index in [0.29, 0.717) is 25.6 Å². The molecule has 0 saturated carbocycles. The van der Waals surface area contributed by atoms with Gasteiger partial charge in [-0.3, -0.25) is 10.1 Å². The quantitative estimate of drug-likeness (QED) is 0.643. The normalized spacial score (nSPS) is 22.4. The third-order valence-corrected chi connectivity index (χ3v) is 3.35. The van der Waals surface area contributed by atoms with Gasteiger partial charge in [-0.2, -0.15) is 0 Å². The van der Waals surface area contributed by atoms with Gasteiger partial charge in [-0.25, -0.2) is 4.98 Å². The average molecular weight is 267 g/mol. The highest BCUT2D eigenvalue weighted by Gasteiger charge is 2.34. The Morgan fingerprint density at radius 1 is 1.68 bits per heavy atom. The maximum Gasteiger partial charge on any atom is 0.287 e. The molecule has 0 aliphatic carbocycles. The van der Waals surface area contributed by atoms with Crippen molar-refractivity contribution in [1.82, 2.24) is 4.98 Å². The van der Waals surface area contributed by atoms with Crippen LogP contribution in [0.25, 0.3) is 0 Å². The molecule has 7 heteroatoms. The van der Waals surface area contributed by atoms with Crippen LogP contribution in [-0.4, -0.2) is 42.4 Å². The smallest absolute Gasteiger partial charge is 0.287 e. The molecule has 1 fully saturated rings. The summed E-state index contributed by atoms with van der Waals surface area (Å²) in [5, 5.41) is 13.8. The minimum Gasteiger partial charge on any atom is -0.378 e. The van der Waals surface area contributed by atoms with Crippen LogP contribution >= 0.6 is 0 Å². The van der Waals surface area contributed by atoms with Gasteiger partial charge in [0.25, 0.3) is 5.69 Å². The Kier molecular flexibility index (Phi) is 3.96. The number of ether oxygens (including phenoxy) is 2. The maximum absolute atomic E-state index is 10.6. The van der Waals surface area contributed by atoms with Gasteiger partial charge in [-0.05, 0) is 12.5 Å². The zero-order chi connectivity index (χ0) is 13.9. The summed E-state index contributed by atoms with van der Waals surface area (Å²) >= 11 is 0. The topological polar surface area (TPSA) is 86.5 Å². The largest absolute Gasteiger partial charge is 0.378 e. The Bertz CT molecular complexity index is 472. The number of anilines is 1. The van der Waals surface area contributed by atoms with Crippen molar-refractivity contribution >= 4 is 11.5 Å². The second-order valence-electron chi connectivity index (χ2n) is 4.66. The molecule has 1 aromatic rings. The number of nitrogens with one attached hydrogen (secondary N) is 1. The molecule has 1 aliphatic heterocycles. The van der Waals surface area contributed by atoms with Crippen molar-refractivity contribution < 1.29 is 14.4 Å². The summed E-state index contributed by atoms with van der Waals surface area (Å²) in [5.74, 6) is 0.633. The Morgan fingerprint density at radius 3 is 3.00 bits per heavy atom. The predicted octanol–water partition coefficient (Wildman–Crippen LogP) is 1.52. The van der Waals surface area contributed by atoms with Crippen LogP contribution < -0.4 is 5.32 Å². The lowest BCUT2D eigenvalue weighted by Crippen LogP contribution is -2.39. The number of nitrogens with zero attached hydrogens (tertiary/aromatic N) is 2. The predicted molar refractivity (Wildman–Crippen MR) is 69.3 cm³/mol. The lowest BCUT2D eigenvalue weighted by Gasteiger charge is -2.26. The molecule has 0 aromatic carbocycles. The van der Waals surface area contributed by atoms with E-state index in [-0.39, 0.29) is 11.3 Å². The zero-order valence-electron chi connectivity index (χ0n) is 11.0. The van der Waals surface area contributed by atoms with Crippen molar-refractivity contribution in [1.29, 1.82) is 0 Å². The molecule has 19 heavy (non-hydrogen) atoms. The van der Waals surface area contributed by atoms with Crippen LogP contribution in [0.4, 0.5) is 11.5 Å². The highest BCUT2D eigenvalue weighted by Crippen LogP contribution is 2.24. The van der Waals surface area contributed by atoms with Crippen LogP contribution in [0.5, 0.6) is 0 Å². The van der Waals surface area contributed by atoms with Gasteiger partial charge in [0, 0.05) is 32.7 Å². The summed E-state index contributed by atoms with van der Waals surface area (Å²) in [4.78, 5) is 14.3. The number of methoxy groups -OCH3 is 1. The molecule has 2 rings (SSSR count). The molecule has 0 spiro atoms. The summed E-state index contributed by atoms with van der Waals surface area (Å²) < 4.78 is 10.8. The van der Waals surface area contributed by atoms with Gasteiger partial charge in [-0.1, -0.05) is 0 Å². The van der Waals surface area contributed by atoms with Crippen LogP contribution in [0.3, 0.4) is 0 Å². The van der Waals surface area contributed by atoms with Gasteiger partial charge < -0.3 is 14.8 Å². The van der Waals surface area contributed by atoms with E-state index in [0.717, 1.165) is 12.0 Å². The van der Waals surface area contributed by atoms with Crippen molar-refractivity contribution in [3.63, 3.8) is 0 Å². The molecule has 0 amide bonds. The van der Waals surface area contributed by atoms with Crippen LogP contribution in [0, 0.1) is 17.0 Å². The molecular formula is C12H17N3O4. The molecule has 1 atom stereocenters. The number of aromatic nitrogens is 1. The Morgan fingerprint density at radius 2 is 2.47 bits per heavy atom. The first-order valence-electron chi connectivity index (χ1n) is 6.04. The first-order chi connectivity index (χ1) is 9.06. The number of pyridine rings is 1. The molecule has 0 bridgehead atoms. The molecular weight excluding hydrogens is 250 g/mol. The average Bonchev–Trinajstić information content (AvgIpc) is 2.86. The van der Waals surface area contributed by atoms with E-state index in [2.05, 4.69) is 10.3 Å². The first-order valence-corrected chi connectivity index (χ1v) is 6.04. The van der Waals surface area contributed by atoms with Crippen molar-refractivity contribution in [2.45, 2.75) is 18.9 Å². The zero-order valence-corrected chi connectivity index (χ0v) is 11.0. The van der Waals surface area contributed by atoms with E-state index in [9.17, 15) is 10.1 Å². The fourth-order valence-electron chi connectivity index (χ4n) is 2.05. The minimum atomic E-state index is -0.453. The summed E-state index contributed by atoms with van der Waals surface area (Å²) in [6.45, 7) is 3.58. The fraction of sp³-hybridized carbons (Fsp3) is 0.583. The number of hydrogen-bond donors (Lipinski definition) is 1. The molecule has 1 unspecified atom stereocenters. The van der Waals surface area contributed by atoms with Crippen LogP contribution in [0.2, 0.25) is 0 Å². The van der Waals surface area contributed by atoms with Gasteiger partial charge >= 0.3 is 0 Å². The summed E-state index contributed by atoms with van der Waals surface area (Å²) in [7, 11) is 1.66. The van der Waals surface area contributed by atoms with Crippen LogP contribution in [-0.2, 0) is 9.47 Å². The lowest BCUT2D eigenvalue weighted by atomic mass is 10.0. The van der Waals surface area contributed by atoms with Gasteiger partial charge in [0.2, 0.25) is 0 Å². The molecule has 1 N–H and O–H groups in total. The van der Waals surface area contributed by atoms with Crippen molar-refractivity contribution in [3.8, 4) is 0 Å². The number of rotatable bonds is 5. The summed E-state index contributed by atoms with van der Waals surface area (Å²) in [6.07, 6.45) is 2.07. The third-order valence-electron chi connectivity index (χ3n) is 3.35. The molecule has 1 aromatic heterocycles. The van der Waals surface area contributed by atoms with Gasteiger partial charge in [0.15, 0.2) is 0 Å². The molecule has 104 valence electrons. The monoisotopic (exact) mass is 267 g/mol.